The molecule has 0 fully saturated rings. The van der Waals surface area contributed by atoms with Gasteiger partial charge in [-0.05, 0) is 18.1 Å². The second-order valence-corrected chi connectivity index (χ2v) is 5.25. The number of benzene rings is 1. The highest BCUT2D eigenvalue weighted by Gasteiger charge is 2.13. The molecule has 0 aliphatic heterocycles. The summed E-state index contributed by atoms with van der Waals surface area (Å²) in [5, 5.41) is 9.06. The Bertz CT molecular complexity index is 488. The maximum Gasteiger partial charge on any atom is 0.339 e. The van der Waals surface area contributed by atoms with E-state index < -0.39 is 5.97 Å². The number of primary amides is 1. The molecule has 6 nitrogen and oxygen atoms in total. The molecule has 0 radical (unpaired) electrons. The summed E-state index contributed by atoms with van der Waals surface area (Å²) in [7, 11) is 0. The highest BCUT2D eigenvalue weighted by molar-refractivity contribution is 5.90. The number of nitrogens with two attached hydrogens (primary N) is 1. The van der Waals surface area contributed by atoms with Gasteiger partial charge in [0.2, 0.25) is 5.91 Å². The summed E-state index contributed by atoms with van der Waals surface area (Å²) in [6.07, 6.45) is 0. The van der Waals surface area contributed by atoms with Gasteiger partial charge in [0.1, 0.15) is 17.9 Å². The summed E-state index contributed by atoms with van der Waals surface area (Å²) in [5.41, 5.74) is 5.34. The summed E-state index contributed by atoms with van der Waals surface area (Å²) in [4.78, 5) is 24.0. The van der Waals surface area contributed by atoms with Crippen molar-refractivity contribution in [2.75, 3.05) is 26.2 Å². The number of amides is 1. The van der Waals surface area contributed by atoms with E-state index in [4.69, 9.17) is 15.6 Å². The van der Waals surface area contributed by atoms with Crippen LogP contribution in [-0.2, 0) is 4.79 Å². The van der Waals surface area contributed by atoms with E-state index >= 15 is 0 Å². The van der Waals surface area contributed by atoms with Crippen LogP contribution in [0.5, 0.6) is 5.75 Å². The van der Waals surface area contributed by atoms with Crippen LogP contribution in [-0.4, -0.2) is 48.1 Å². The van der Waals surface area contributed by atoms with Crippen molar-refractivity contribution >= 4 is 11.9 Å². The molecule has 0 atom stereocenters. The molecule has 116 valence electrons. The fourth-order valence-electron chi connectivity index (χ4n) is 2.03. The van der Waals surface area contributed by atoms with E-state index in [9.17, 15) is 9.59 Å². The lowest BCUT2D eigenvalue weighted by Crippen LogP contribution is -2.38. The van der Waals surface area contributed by atoms with E-state index in [0.717, 1.165) is 6.54 Å². The zero-order valence-electron chi connectivity index (χ0n) is 12.4. The summed E-state index contributed by atoms with van der Waals surface area (Å²) in [6, 6.07) is 6.48. The molecule has 3 N–H and O–H groups in total. The lowest BCUT2D eigenvalue weighted by Gasteiger charge is -2.22. The van der Waals surface area contributed by atoms with Gasteiger partial charge in [-0.25, -0.2) is 4.79 Å². The molecule has 0 aliphatic carbocycles. The van der Waals surface area contributed by atoms with E-state index in [1.165, 1.54) is 6.07 Å². The number of carbonyl (C=O) groups is 2. The molecule has 1 rings (SSSR count). The fraction of sp³-hybridized carbons (Fsp3) is 0.467. The Morgan fingerprint density at radius 3 is 2.57 bits per heavy atom. The molecule has 0 spiro atoms. The van der Waals surface area contributed by atoms with Crippen LogP contribution in [0.1, 0.15) is 24.2 Å². The molecule has 1 aromatic carbocycles. The number of carboxylic acid groups (broad SMARTS) is 1. The monoisotopic (exact) mass is 294 g/mol. The molecule has 0 aliphatic rings. The number of hydrogen-bond donors (Lipinski definition) is 2. The summed E-state index contributed by atoms with van der Waals surface area (Å²) in [6.45, 7) is 5.80. The van der Waals surface area contributed by atoms with Crippen LogP contribution in [0.4, 0.5) is 0 Å². The molecule has 0 unspecified atom stereocenters. The third-order valence-corrected chi connectivity index (χ3v) is 2.79. The Morgan fingerprint density at radius 2 is 2.00 bits per heavy atom. The Balaban J connectivity index is 2.57. The summed E-state index contributed by atoms with van der Waals surface area (Å²) < 4.78 is 5.52. The van der Waals surface area contributed by atoms with Crippen molar-refractivity contribution in [3.63, 3.8) is 0 Å². The second kappa shape index (κ2) is 8.26. The fourth-order valence-corrected chi connectivity index (χ4v) is 2.03. The molecule has 1 amide bonds. The van der Waals surface area contributed by atoms with Crippen LogP contribution >= 0.6 is 0 Å². The Kier molecular flexibility index (Phi) is 6.68. The van der Waals surface area contributed by atoms with E-state index in [-0.39, 0.29) is 18.0 Å². The van der Waals surface area contributed by atoms with Crippen LogP contribution < -0.4 is 10.5 Å². The number of para-hydroxylation sites is 1. The van der Waals surface area contributed by atoms with Gasteiger partial charge in [-0.3, -0.25) is 9.69 Å². The zero-order valence-corrected chi connectivity index (χ0v) is 12.4. The number of carbonyl (C=O) groups excluding carboxylic acids is 1. The van der Waals surface area contributed by atoms with E-state index in [1.807, 2.05) is 4.90 Å². The van der Waals surface area contributed by atoms with Crippen molar-refractivity contribution in [3.8, 4) is 5.75 Å². The van der Waals surface area contributed by atoms with Crippen LogP contribution in [0.2, 0.25) is 0 Å². The average Bonchev–Trinajstić information content (AvgIpc) is 2.37. The number of rotatable bonds is 9. The number of ether oxygens (including phenoxy) is 1. The predicted molar refractivity (Wildman–Crippen MR) is 79.4 cm³/mol. The normalized spacial score (nSPS) is 10.9. The number of nitrogens with zero attached hydrogens (tertiary/aromatic N) is 1. The zero-order chi connectivity index (χ0) is 15.8. The highest BCUT2D eigenvalue weighted by atomic mass is 16.5. The molecule has 0 heterocycles. The van der Waals surface area contributed by atoms with Gasteiger partial charge in [0.05, 0.1) is 6.54 Å². The highest BCUT2D eigenvalue weighted by Crippen LogP contribution is 2.17. The van der Waals surface area contributed by atoms with Crippen molar-refractivity contribution in [2.24, 2.45) is 11.7 Å². The van der Waals surface area contributed by atoms with E-state index in [0.29, 0.717) is 24.8 Å². The minimum absolute atomic E-state index is 0.128. The van der Waals surface area contributed by atoms with Gasteiger partial charge < -0.3 is 15.6 Å². The van der Waals surface area contributed by atoms with Crippen molar-refractivity contribution in [2.45, 2.75) is 13.8 Å². The summed E-state index contributed by atoms with van der Waals surface area (Å²) in [5.74, 6) is -0.687. The third-order valence-electron chi connectivity index (χ3n) is 2.79. The molecule has 0 aromatic heterocycles. The first-order valence-electron chi connectivity index (χ1n) is 6.86. The topological polar surface area (TPSA) is 92.9 Å². The van der Waals surface area contributed by atoms with Gasteiger partial charge in [0.15, 0.2) is 0 Å². The van der Waals surface area contributed by atoms with Crippen molar-refractivity contribution in [1.82, 2.24) is 4.90 Å². The first-order chi connectivity index (χ1) is 9.90. The van der Waals surface area contributed by atoms with Crippen LogP contribution in [0.3, 0.4) is 0 Å². The van der Waals surface area contributed by atoms with Crippen LogP contribution in [0.15, 0.2) is 24.3 Å². The third kappa shape index (κ3) is 6.27. The number of hydrogen-bond acceptors (Lipinski definition) is 4. The Hall–Kier alpha value is -2.08. The van der Waals surface area contributed by atoms with Gasteiger partial charge in [-0.2, -0.15) is 0 Å². The quantitative estimate of drug-likeness (QED) is 0.714. The lowest BCUT2D eigenvalue weighted by atomic mass is 10.2. The molecule has 0 saturated heterocycles. The average molecular weight is 294 g/mol. The standard InChI is InChI=1S/C15H22N2O4/c1-11(2)9-17(10-14(16)18)7-8-21-13-6-4-3-5-12(13)15(19)20/h3-6,11H,7-10H2,1-2H3,(H2,16,18)(H,19,20). The number of aromatic carboxylic acids is 1. The SMILES string of the molecule is CC(C)CN(CCOc1ccccc1C(=O)O)CC(N)=O. The van der Waals surface area contributed by atoms with E-state index in [1.54, 1.807) is 18.2 Å². The van der Waals surface area contributed by atoms with Gasteiger partial charge in [0, 0.05) is 13.1 Å². The van der Waals surface area contributed by atoms with Crippen LogP contribution in [0, 0.1) is 5.92 Å². The Labute approximate surface area is 124 Å². The van der Waals surface area contributed by atoms with Gasteiger partial charge in [-0.15, -0.1) is 0 Å². The van der Waals surface area contributed by atoms with Crippen molar-refractivity contribution in [1.29, 1.82) is 0 Å². The smallest absolute Gasteiger partial charge is 0.339 e. The molecule has 21 heavy (non-hydrogen) atoms. The Morgan fingerprint density at radius 1 is 1.33 bits per heavy atom. The maximum atomic E-state index is 11.1. The minimum atomic E-state index is -1.03. The van der Waals surface area contributed by atoms with Gasteiger partial charge in [0.25, 0.3) is 0 Å². The number of carboxylic acids is 1. The molecule has 6 heteroatoms. The van der Waals surface area contributed by atoms with Crippen molar-refractivity contribution < 1.29 is 19.4 Å². The second-order valence-electron chi connectivity index (χ2n) is 5.25. The molecular weight excluding hydrogens is 272 g/mol. The molecule has 1 aromatic rings. The summed E-state index contributed by atoms with van der Waals surface area (Å²) >= 11 is 0. The molecule has 0 bridgehead atoms. The largest absolute Gasteiger partial charge is 0.491 e. The van der Waals surface area contributed by atoms with E-state index in [2.05, 4.69) is 13.8 Å². The van der Waals surface area contributed by atoms with Gasteiger partial charge >= 0.3 is 5.97 Å². The van der Waals surface area contributed by atoms with Crippen molar-refractivity contribution in [3.05, 3.63) is 29.8 Å². The molecule has 0 saturated carbocycles. The minimum Gasteiger partial charge on any atom is -0.491 e. The first-order valence-corrected chi connectivity index (χ1v) is 6.86. The molecular formula is C15H22N2O4. The van der Waals surface area contributed by atoms with Gasteiger partial charge in [-0.1, -0.05) is 26.0 Å². The maximum absolute atomic E-state index is 11.1. The van der Waals surface area contributed by atoms with Crippen LogP contribution in [0.25, 0.3) is 0 Å². The predicted octanol–water partition coefficient (Wildman–Crippen LogP) is 1.21. The lowest BCUT2D eigenvalue weighted by molar-refractivity contribution is -0.119. The first kappa shape index (κ1) is 17.0.